The summed E-state index contributed by atoms with van der Waals surface area (Å²) in [5.74, 6) is 2.02. The van der Waals surface area contributed by atoms with E-state index in [2.05, 4.69) is 171 Å². The number of rotatable bonds is 5. The molecule has 0 spiro atoms. The van der Waals surface area contributed by atoms with Gasteiger partial charge in [0.2, 0.25) is 0 Å². The van der Waals surface area contributed by atoms with Crippen molar-refractivity contribution >= 4 is 29.2 Å². The van der Waals surface area contributed by atoms with Gasteiger partial charge in [-0.15, -0.1) is 0 Å². The zero-order chi connectivity index (χ0) is 33.0. The SMILES string of the molecule is C[Si]1(C)c2ccccc2-c2c(-c3nc(-c4ccc(-c5ccc6ccccc6c5)cc4)nc(-c4cccc(-c5ccccc5)c4)n3)cccc21. The van der Waals surface area contributed by atoms with E-state index in [0.29, 0.717) is 17.5 Å². The first-order chi connectivity index (χ1) is 24.0. The van der Waals surface area contributed by atoms with Gasteiger partial charge in [-0.2, -0.15) is 0 Å². The van der Waals surface area contributed by atoms with E-state index in [9.17, 15) is 0 Å². The van der Waals surface area contributed by atoms with Crippen LogP contribution in [0.5, 0.6) is 0 Å². The lowest BCUT2D eigenvalue weighted by atomic mass is 9.98. The summed E-state index contributed by atoms with van der Waals surface area (Å²) in [5, 5.41) is 5.37. The van der Waals surface area contributed by atoms with Crippen LogP contribution in [0.2, 0.25) is 13.1 Å². The van der Waals surface area contributed by atoms with Crippen LogP contribution in [0.4, 0.5) is 0 Å². The van der Waals surface area contributed by atoms with E-state index in [1.165, 1.54) is 37.8 Å². The van der Waals surface area contributed by atoms with E-state index in [0.717, 1.165) is 33.4 Å². The van der Waals surface area contributed by atoms with E-state index in [4.69, 9.17) is 15.0 Å². The lowest BCUT2D eigenvalue weighted by Gasteiger charge is -2.18. The minimum Gasteiger partial charge on any atom is -0.208 e. The van der Waals surface area contributed by atoms with Gasteiger partial charge in [0, 0.05) is 16.7 Å². The number of hydrogen-bond donors (Lipinski definition) is 0. The molecule has 232 valence electrons. The molecule has 9 rings (SSSR count). The molecule has 0 amide bonds. The molecule has 0 radical (unpaired) electrons. The Morgan fingerprint density at radius 3 is 1.71 bits per heavy atom. The van der Waals surface area contributed by atoms with E-state index in [-0.39, 0.29) is 0 Å². The molecule has 0 aliphatic carbocycles. The zero-order valence-corrected chi connectivity index (χ0v) is 28.4. The molecule has 1 aromatic heterocycles. The molecule has 0 fully saturated rings. The third-order valence-electron chi connectivity index (χ3n) is 9.94. The molecule has 7 aromatic carbocycles. The second-order valence-corrected chi connectivity index (χ2v) is 17.6. The predicted molar refractivity (Wildman–Crippen MR) is 207 cm³/mol. The van der Waals surface area contributed by atoms with Crippen molar-refractivity contribution in [1.82, 2.24) is 15.0 Å². The molecule has 0 saturated carbocycles. The van der Waals surface area contributed by atoms with E-state index in [1.54, 1.807) is 0 Å². The number of fused-ring (bicyclic) bond motifs is 4. The van der Waals surface area contributed by atoms with Crippen molar-refractivity contribution < 1.29 is 0 Å². The minimum absolute atomic E-state index is 0.663. The molecule has 8 aromatic rings. The van der Waals surface area contributed by atoms with Crippen LogP contribution in [0.3, 0.4) is 0 Å². The van der Waals surface area contributed by atoms with E-state index in [1.807, 2.05) is 6.07 Å². The Hall–Kier alpha value is -5.97. The molecule has 0 unspecified atom stereocenters. The van der Waals surface area contributed by atoms with Crippen LogP contribution in [0.15, 0.2) is 164 Å². The van der Waals surface area contributed by atoms with Crippen molar-refractivity contribution in [3.63, 3.8) is 0 Å². The van der Waals surface area contributed by atoms with Crippen LogP contribution in [0, 0.1) is 0 Å². The first-order valence-electron chi connectivity index (χ1n) is 16.8. The summed E-state index contributed by atoms with van der Waals surface area (Å²) in [6, 6.07) is 58.2. The number of benzene rings is 7. The smallest absolute Gasteiger partial charge is 0.164 e. The van der Waals surface area contributed by atoms with Crippen LogP contribution < -0.4 is 10.4 Å². The van der Waals surface area contributed by atoms with Gasteiger partial charge in [-0.25, -0.2) is 15.0 Å². The predicted octanol–water partition coefficient (Wildman–Crippen LogP) is 10.2. The van der Waals surface area contributed by atoms with Crippen molar-refractivity contribution in [2.24, 2.45) is 0 Å². The highest BCUT2D eigenvalue weighted by atomic mass is 28.3. The summed E-state index contributed by atoms with van der Waals surface area (Å²) in [6.07, 6.45) is 0. The normalized spacial score (nSPS) is 12.9. The highest BCUT2D eigenvalue weighted by molar-refractivity contribution is 7.04. The highest BCUT2D eigenvalue weighted by Crippen LogP contribution is 2.37. The van der Waals surface area contributed by atoms with Gasteiger partial charge in [0.05, 0.1) is 0 Å². The van der Waals surface area contributed by atoms with Gasteiger partial charge in [-0.3, -0.25) is 0 Å². The third-order valence-corrected chi connectivity index (χ3v) is 13.5. The topological polar surface area (TPSA) is 38.7 Å². The summed E-state index contributed by atoms with van der Waals surface area (Å²) in [4.78, 5) is 15.6. The maximum atomic E-state index is 5.22. The van der Waals surface area contributed by atoms with Crippen molar-refractivity contribution in [1.29, 1.82) is 0 Å². The lowest BCUT2D eigenvalue weighted by Crippen LogP contribution is -2.49. The zero-order valence-electron chi connectivity index (χ0n) is 27.4. The van der Waals surface area contributed by atoms with E-state index >= 15 is 0 Å². The minimum atomic E-state index is -1.87. The highest BCUT2D eigenvalue weighted by Gasteiger charge is 2.38. The van der Waals surface area contributed by atoms with Gasteiger partial charge in [0.15, 0.2) is 17.5 Å². The average Bonchev–Trinajstić information content (AvgIpc) is 3.41. The van der Waals surface area contributed by atoms with Crippen LogP contribution in [0.1, 0.15) is 0 Å². The summed E-state index contributed by atoms with van der Waals surface area (Å²) >= 11 is 0. The number of nitrogens with zero attached hydrogens (tertiary/aromatic N) is 3. The third kappa shape index (κ3) is 5.09. The molecule has 1 aliphatic rings. The van der Waals surface area contributed by atoms with Gasteiger partial charge < -0.3 is 0 Å². The van der Waals surface area contributed by atoms with Crippen LogP contribution in [-0.2, 0) is 0 Å². The molecule has 0 bridgehead atoms. The van der Waals surface area contributed by atoms with Gasteiger partial charge in [-0.1, -0.05) is 165 Å². The monoisotopic (exact) mass is 643 g/mol. The van der Waals surface area contributed by atoms with Crippen molar-refractivity contribution in [2.45, 2.75) is 13.1 Å². The summed E-state index contributed by atoms with van der Waals surface area (Å²) in [6.45, 7) is 4.88. The Balaban J connectivity index is 1.20. The van der Waals surface area contributed by atoms with Gasteiger partial charge in [0.1, 0.15) is 8.07 Å². The quantitative estimate of drug-likeness (QED) is 0.175. The van der Waals surface area contributed by atoms with Crippen LogP contribution >= 0.6 is 0 Å². The molecule has 0 N–H and O–H groups in total. The Bertz CT molecular complexity index is 2520. The first kappa shape index (κ1) is 29.2. The van der Waals surface area contributed by atoms with E-state index < -0.39 is 8.07 Å². The lowest BCUT2D eigenvalue weighted by molar-refractivity contribution is 1.07. The summed E-state index contributed by atoms with van der Waals surface area (Å²) in [7, 11) is -1.87. The molecule has 49 heavy (non-hydrogen) atoms. The van der Waals surface area contributed by atoms with Crippen molar-refractivity contribution in [2.75, 3.05) is 0 Å². The van der Waals surface area contributed by atoms with Gasteiger partial charge in [-0.05, 0) is 66.7 Å². The maximum absolute atomic E-state index is 5.22. The molecular formula is C45H33N3Si. The summed E-state index contributed by atoms with van der Waals surface area (Å²) < 4.78 is 0. The second kappa shape index (κ2) is 11.6. The van der Waals surface area contributed by atoms with Crippen molar-refractivity contribution in [3.8, 4) is 67.5 Å². The molecule has 3 nitrogen and oxygen atoms in total. The van der Waals surface area contributed by atoms with Gasteiger partial charge in [0.25, 0.3) is 0 Å². The van der Waals surface area contributed by atoms with Crippen molar-refractivity contribution in [3.05, 3.63) is 164 Å². The Morgan fingerprint density at radius 2 is 0.878 bits per heavy atom. The van der Waals surface area contributed by atoms with Crippen LogP contribution in [-0.4, -0.2) is 23.0 Å². The molecule has 0 saturated heterocycles. The maximum Gasteiger partial charge on any atom is 0.164 e. The molecule has 0 atom stereocenters. The molecule has 1 aliphatic heterocycles. The second-order valence-electron chi connectivity index (χ2n) is 13.3. The van der Waals surface area contributed by atoms with Crippen LogP contribution in [0.25, 0.3) is 78.3 Å². The summed E-state index contributed by atoms with van der Waals surface area (Å²) in [5.41, 5.74) is 10.2. The molecule has 4 heteroatoms. The fourth-order valence-electron chi connectivity index (χ4n) is 7.34. The largest absolute Gasteiger partial charge is 0.208 e. The average molecular weight is 644 g/mol. The fraction of sp³-hybridized carbons (Fsp3) is 0.0444. The number of hydrogen-bond acceptors (Lipinski definition) is 3. The molecule has 2 heterocycles. The Morgan fingerprint density at radius 1 is 0.347 bits per heavy atom. The fourth-order valence-corrected chi connectivity index (χ4v) is 10.4. The Labute approximate surface area is 287 Å². The first-order valence-corrected chi connectivity index (χ1v) is 19.8. The molecular weight excluding hydrogens is 611 g/mol. The number of aromatic nitrogens is 3. The Kier molecular flexibility index (Phi) is 6.92. The standard InChI is InChI=1S/C45H33N3Si/c1-49(2)40-20-9-8-18-38(40)42-39(19-11-21-41(42)49)45-47-43(46-44(48-45)37-17-10-16-35(29-37)30-12-4-3-5-13-30)33-25-22-32(23-26-33)36-27-24-31-14-6-7-15-34(31)28-36/h3-29H,1-2H3. The van der Waals surface area contributed by atoms with Gasteiger partial charge >= 0.3 is 0 Å².